The van der Waals surface area contributed by atoms with Crippen LogP contribution in [0.1, 0.15) is 12.0 Å². The van der Waals surface area contributed by atoms with E-state index in [1.165, 1.54) is 6.42 Å². The second-order valence-electron chi connectivity index (χ2n) is 4.64. The number of ether oxygens (including phenoxy) is 1. The Balaban J connectivity index is 1.53. The van der Waals surface area contributed by atoms with Crippen molar-refractivity contribution in [1.29, 1.82) is 0 Å². The molecule has 2 aliphatic rings. The fourth-order valence-corrected chi connectivity index (χ4v) is 2.42. The molecule has 1 aliphatic heterocycles. The lowest BCUT2D eigenvalue weighted by Gasteiger charge is -2.12. The van der Waals surface area contributed by atoms with Crippen LogP contribution >= 0.6 is 0 Å². The number of nitrogens with one attached hydrogen (secondary N) is 1. The van der Waals surface area contributed by atoms with E-state index >= 15 is 0 Å². The van der Waals surface area contributed by atoms with Crippen LogP contribution in [-0.2, 0) is 16.1 Å². The third-order valence-corrected chi connectivity index (χ3v) is 3.48. The van der Waals surface area contributed by atoms with E-state index in [0.29, 0.717) is 12.5 Å². The van der Waals surface area contributed by atoms with Gasteiger partial charge in [-0.3, -0.25) is 4.79 Å². The largest absolute Gasteiger partial charge is 0.460 e. The molecule has 3 nitrogen and oxygen atoms in total. The predicted molar refractivity (Wildman–Crippen MR) is 59.6 cm³/mol. The molecule has 16 heavy (non-hydrogen) atoms. The molecule has 1 heterocycles. The summed E-state index contributed by atoms with van der Waals surface area (Å²) in [6.07, 6.45) is 1.19. The van der Waals surface area contributed by atoms with Gasteiger partial charge in [0, 0.05) is 0 Å². The average molecular weight is 217 g/mol. The summed E-state index contributed by atoms with van der Waals surface area (Å²) in [5.41, 5.74) is 1.04. The number of fused-ring (bicyclic) bond motifs is 1. The lowest BCUT2D eigenvalue weighted by molar-refractivity contribution is -0.147. The molecule has 1 aliphatic carbocycles. The van der Waals surface area contributed by atoms with Crippen molar-refractivity contribution in [3.63, 3.8) is 0 Å². The maximum absolute atomic E-state index is 11.8. The first-order valence-electron chi connectivity index (χ1n) is 5.78. The Labute approximate surface area is 94.8 Å². The number of carbonyl (C=O) groups excluding carboxylic acids is 1. The molecule has 1 saturated carbocycles. The van der Waals surface area contributed by atoms with Crippen LogP contribution in [-0.4, -0.2) is 18.6 Å². The highest BCUT2D eigenvalue weighted by Gasteiger charge is 2.51. The van der Waals surface area contributed by atoms with Crippen LogP contribution in [0.5, 0.6) is 0 Å². The van der Waals surface area contributed by atoms with Gasteiger partial charge < -0.3 is 10.1 Å². The van der Waals surface area contributed by atoms with E-state index in [1.807, 2.05) is 30.3 Å². The van der Waals surface area contributed by atoms with Gasteiger partial charge in [0.25, 0.3) is 0 Å². The topological polar surface area (TPSA) is 38.3 Å². The summed E-state index contributed by atoms with van der Waals surface area (Å²) in [5.74, 6) is 1.19. The summed E-state index contributed by atoms with van der Waals surface area (Å²) in [5, 5.41) is 3.22. The fraction of sp³-hybridized carbons (Fsp3) is 0.462. The zero-order chi connectivity index (χ0) is 11.0. The number of rotatable bonds is 3. The fourth-order valence-electron chi connectivity index (χ4n) is 2.42. The van der Waals surface area contributed by atoms with Crippen molar-refractivity contribution >= 4 is 5.97 Å². The van der Waals surface area contributed by atoms with Gasteiger partial charge in [0.2, 0.25) is 0 Å². The molecule has 1 N–H and O–H groups in total. The van der Waals surface area contributed by atoms with Crippen LogP contribution in [0.4, 0.5) is 0 Å². The van der Waals surface area contributed by atoms with Crippen molar-refractivity contribution in [1.82, 2.24) is 5.32 Å². The first-order valence-corrected chi connectivity index (χ1v) is 5.78. The second kappa shape index (κ2) is 3.91. The quantitative estimate of drug-likeness (QED) is 0.776. The van der Waals surface area contributed by atoms with Crippen molar-refractivity contribution in [2.24, 2.45) is 11.8 Å². The van der Waals surface area contributed by atoms with Crippen molar-refractivity contribution in [3.05, 3.63) is 35.9 Å². The van der Waals surface area contributed by atoms with Gasteiger partial charge in [-0.25, -0.2) is 0 Å². The minimum absolute atomic E-state index is 0.0475. The molecule has 0 unspecified atom stereocenters. The molecule has 0 bridgehead atoms. The monoisotopic (exact) mass is 217 g/mol. The Morgan fingerprint density at radius 1 is 1.38 bits per heavy atom. The normalized spacial score (nSPS) is 30.9. The summed E-state index contributed by atoms with van der Waals surface area (Å²) in [4.78, 5) is 11.8. The smallest absolute Gasteiger partial charge is 0.323 e. The maximum Gasteiger partial charge on any atom is 0.323 e. The molecule has 1 aromatic carbocycles. The SMILES string of the molecule is O=C(OCc1ccccc1)[C@H]1NC[C@@H]2C[C@@H]21. The first-order chi connectivity index (χ1) is 7.84. The lowest BCUT2D eigenvalue weighted by Crippen LogP contribution is -2.35. The van der Waals surface area contributed by atoms with Crippen LogP contribution in [0.15, 0.2) is 30.3 Å². The van der Waals surface area contributed by atoms with E-state index < -0.39 is 0 Å². The molecular formula is C13H15NO2. The molecule has 84 valence electrons. The summed E-state index contributed by atoms with van der Waals surface area (Å²) in [6, 6.07) is 9.75. The van der Waals surface area contributed by atoms with Crippen LogP contribution in [0.3, 0.4) is 0 Å². The van der Waals surface area contributed by atoms with Crippen LogP contribution in [0.25, 0.3) is 0 Å². The van der Waals surface area contributed by atoms with Gasteiger partial charge in [-0.05, 0) is 30.4 Å². The zero-order valence-corrected chi connectivity index (χ0v) is 9.06. The number of hydrogen-bond acceptors (Lipinski definition) is 3. The summed E-state index contributed by atoms with van der Waals surface area (Å²) in [6.45, 7) is 1.37. The zero-order valence-electron chi connectivity index (χ0n) is 9.06. The van der Waals surface area contributed by atoms with Gasteiger partial charge in [-0.2, -0.15) is 0 Å². The molecule has 0 spiro atoms. The van der Waals surface area contributed by atoms with Gasteiger partial charge in [0.1, 0.15) is 12.6 Å². The number of esters is 1. The first kappa shape index (κ1) is 9.85. The Hall–Kier alpha value is -1.35. The highest BCUT2D eigenvalue weighted by atomic mass is 16.5. The maximum atomic E-state index is 11.8. The molecular weight excluding hydrogens is 202 g/mol. The molecule has 3 heteroatoms. The van der Waals surface area contributed by atoms with E-state index in [0.717, 1.165) is 18.0 Å². The van der Waals surface area contributed by atoms with Crippen LogP contribution in [0, 0.1) is 11.8 Å². The standard InChI is InChI=1S/C13H15NO2/c15-13(12-11-6-10(11)7-14-12)16-8-9-4-2-1-3-5-9/h1-5,10-12,14H,6-8H2/t10-,11-,12-/m0/s1. The number of benzene rings is 1. The van der Waals surface area contributed by atoms with E-state index in [1.54, 1.807) is 0 Å². The Morgan fingerprint density at radius 2 is 2.19 bits per heavy atom. The third kappa shape index (κ3) is 1.83. The minimum atomic E-state index is -0.0890. The number of hydrogen-bond donors (Lipinski definition) is 1. The molecule has 3 rings (SSSR count). The molecule has 0 aromatic heterocycles. The molecule has 0 amide bonds. The Bertz CT molecular complexity index is 390. The van der Waals surface area contributed by atoms with Crippen molar-refractivity contribution in [2.75, 3.05) is 6.54 Å². The minimum Gasteiger partial charge on any atom is -0.460 e. The van der Waals surface area contributed by atoms with Crippen molar-refractivity contribution < 1.29 is 9.53 Å². The second-order valence-corrected chi connectivity index (χ2v) is 4.64. The molecule has 1 saturated heterocycles. The summed E-state index contributed by atoms with van der Waals surface area (Å²) in [7, 11) is 0. The van der Waals surface area contributed by atoms with E-state index in [-0.39, 0.29) is 12.0 Å². The van der Waals surface area contributed by atoms with Crippen LogP contribution < -0.4 is 5.32 Å². The average Bonchev–Trinajstić information content (AvgIpc) is 2.99. The third-order valence-electron chi connectivity index (χ3n) is 3.48. The van der Waals surface area contributed by atoms with E-state index in [4.69, 9.17) is 4.74 Å². The summed E-state index contributed by atoms with van der Waals surface area (Å²) < 4.78 is 5.31. The van der Waals surface area contributed by atoms with Crippen molar-refractivity contribution in [3.8, 4) is 0 Å². The molecule has 1 aromatic rings. The molecule has 3 atom stereocenters. The van der Waals surface area contributed by atoms with Gasteiger partial charge in [0.05, 0.1) is 0 Å². The van der Waals surface area contributed by atoms with Gasteiger partial charge in [-0.15, -0.1) is 0 Å². The van der Waals surface area contributed by atoms with E-state index in [2.05, 4.69) is 5.32 Å². The number of carbonyl (C=O) groups is 1. The Morgan fingerprint density at radius 3 is 2.81 bits per heavy atom. The Kier molecular flexibility index (Phi) is 2.40. The van der Waals surface area contributed by atoms with Crippen LogP contribution in [0.2, 0.25) is 0 Å². The highest BCUT2D eigenvalue weighted by molar-refractivity contribution is 5.77. The van der Waals surface area contributed by atoms with Gasteiger partial charge in [0.15, 0.2) is 0 Å². The van der Waals surface area contributed by atoms with Gasteiger partial charge >= 0.3 is 5.97 Å². The molecule has 0 radical (unpaired) electrons. The van der Waals surface area contributed by atoms with E-state index in [9.17, 15) is 4.79 Å². The number of piperidine rings is 1. The highest BCUT2D eigenvalue weighted by Crippen LogP contribution is 2.45. The lowest BCUT2D eigenvalue weighted by atomic mass is 10.2. The van der Waals surface area contributed by atoms with Crippen molar-refractivity contribution in [2.45, 2.75) is 19.1 Å². The van der Waals surface area contributed by atoms with Gasteiger partial charge in [-0.1, -0.05) is 30.3 Å². The predicted octanol–water partition coefficient (Wildman–Crippen LogP) is 1.34. The summed E-state index contributed by atoms with van der Waals surface area (Å²) >= 11 is 0. The molecule has 2 fully saturated rings.